The Morgan fingerprint density at radius 2 is 2.08 bits per heavy atom. The summed E-state index contributed by atoms with van der Waals surface area (Å²) in [6.07, 6.45) is 3.11. The summed E-state index contributed by atoms with van der Waals surface area (Å²) in [5.41, 5.74) is 1.77. The number of carbonyl (C=O) groups is 1. The molecule has 2 aromatic carbocycles. The van der Waals surface area contributed by atoms with Crippen molar-refractivity contribution in [2.24, 2.45) is 0 Å². The Kier molecular flexibility index (Phi) is 5.76. The van der Waals surface area contributed by atoms with Crippen LogP contribution in [-0.2, 0) is 11.4 Å². The monoisotopic (exact) mass is 361 g/mol. The Balaban J connectivity index is 1.70. The molecule has 26 heavy (non-hydrogen) atoms. The third kappa shape index (κ3) is 4.79. The Morgan fingerprint density at radius 1 is 1.23 bits per heavy atom. The van der Waals surface area contributed by atoms with E-state index >= 15 is 0 Å². The normalized spacial score (nSPS) is 10.8. The number of benzene rings is 2. The fraction of sp³-hybridized carbons (Fsp3) is 0.0500. The highest BCUT2D eigenvalue weighted by Crippen LogP contribution is 2.18. The van der Waals surface area contributed by atoms with Gasteiger partial charge in [0.05, 0.1) is 0 Å². The summed E-state index contributed by atoms with van der Waals surface area (Å²) < 4.78 is 5.77. The molecule has 0 bridgehead atoms. The van der Waals surface area contributed by atoms with E-state index in [9.17, 15) is 10.1 Å². The first-order valence-electron chi connectivity index (χ1n) is 7.84. The first kappa shape index (κ1) is 17.4. The number of amides is 1. The van der Waals surface area contributed by atoms with Gasteiger partial charge in [-0.15, -0.1) is 11.3 Å². The predicted molar refractivity (Wildman–Crippen MR) is 102 cm³/mol. The lowest BCUT2D eigenvalue weighted by Gasteiger charge is -2.07. The lowest BCUT2D eigenvalue weighted by molar-refractivity contribution is -0.112. The smallest absolute Gasteiger partial charge is 0.268 e. The second-order valence-corrected chi connectivity index (χ2v) is 6.20. The Labute approximate surface area is 155 Å². The number of rotatable bonds is 6. The van der Waals surface area contributed by atoms with Crippen LogP contribution in [0, 0.1) is 11.3 Å². The van der Waals surface area contributed by atoms with Gasteiger partial charge in [0.2, 0.25) is 0 Å². The third-order valence-electron chi connectivity index (χ3n) is 3.44. The van der Waals surface area contributed by atoms with E-state index < -0.39 is 5.91 Å². The van der Waals surface area contributed by atoms with Gasteiger partial charge >= 0.3 is 0 Å². The molecule has 1 N–H and O–H groups in total. The van der Waals surface area contributed by atoms with Crippen LogP contribution in [0.2, 0.25) is 0 Å². The Morgan fingerprint density at radius 3 is 2.81 bits per heavy atom. The van der Waals surface area contributed by atoms with Gasteiger partial charge in [0.1, 0.15) is 24.0 Å². The molecule has 0 aliphatic rings. The number of anilines is 1. The summed E-state index contributed by atoms with van der Waals surface area (Å²) in [6, 6.07) is 19.0. The van der Waals surface area contributed by atoms with Crippen LogP contribution < -0.4 is 10.1 Å². The lowest BCUT2D eigenvalue weighted by Crippen LogP contribution is -2.13. The number of hydrogen-bond donors (Lipinski definition) is 1. The average Bonchev–Trinajstić information content (AvgIpc) is 3.18. The van der Waals surface area contributed by atoms with Gasteiger partial charge in [0, 0.05) is 11.6 Å². The van der Waals surface area contributed by atoms with Crippen LogP contribution in [0.5, 0.6) is 5.75 Å². The van der Waals surface area contributed by atoms with Crippen LogP contribution in [-0.4, -0.2) is 10.9 Å². The van der Waals surface area contributed by atoms with Crippen LogP contribution in [0.1, 0.15) is 11.1 Å². The summed E-state index contributed by atoms with van der Waals surface area (Å²) in [4.78, 5) is 16.2. The fourth-order valence-electron chi connectivity index (χ4n) is 2.20. The maximum atomic E-state index is 12.2. The number of ether oxygens (including phenoxy) is 1. The highest BCUT2D eigenvalue weighted by molar-refractivity contribution is 7.13. The van der Waals surface area contributed by atoms with E-state index in [1.807, 2.05) is 54.6 Å². The number of aromatic nitrogens is 1. The summed E-state index contributed by atoms with van der Waals surface area (Å²) in [5.74, 6) is 0.179. The molecule has 5 nitrogen and oxygen atoms in total. The minimum Gasteiger partial charge on any atom is -0.489 e. The van der Waals surface area contributed by atoms with E-state index in [2.05, 4.69) is 10.3 Å². The van der Waals surface area contributed by atoms with Crippen LogP contribution in [0.25, 0.3) is 6.08 Å². The minimum absolute atomic E-state index is 0.000379. The summed E-state index contributed by atoms with van der Waals surface area (Å²) in [5, 5.41) is 14.1. The van der Waals surface area contributed by atoms with Gasteiger partial charge in [-0.05, 0) is 29.3 Å². The van der Waals surface area contributed by atoms with E-state index in [0.29, 0.717) is 23.1 Å². The second kappa shape index (κ2) is 8.60. The van der Waals surface area contributed by atoms with Crippen LogP contribution in [0.15, 0.2) is 71.7 Å². The van der Waals surface area contributed by atoms with Crippen LogP contribution in [0.4, 0.5) is 5.13 Å². The van der Waals surface area contributed by atoms with Gasteiger partial charge in [-0.1, -0.05) is 42.5 Å². The summed E-state index contributed by atoms with van der Waals surface area (Å²) in [6.45, 7) is 0.448. The minimum atomic E-state index is -0.488. The van der Waals surface area contributed by atoms with Gasteiger partial charge in [-0.2, -0.15) is 5.26 Å². The quantitative estimate of drug-likeness (QED) is 0.525. The predicted octanol–water partition coefficient (Wildman–Crippen LogP) is 4.27. The van der Waals surface area contributed by atoms with Crippen molar-refractivity contribution in [3.63, 3.8) is 0 Å². The molecule has 0 spiro atoms. The van der Waals surface area contributed by atoms with Crippen molar-refractivity contribution in [3.05, 3.63) is 82.9 Å². The highest BCUT2D eigenvalue weighted by atomic mass is 32.1. The maximum Gasteiger partial charge on any atom is 0.268 e. The van der Waals surface area contributed by atoms with Crippen molar-refractivity contribution in [1.29, 1.82) is 5.26 Å². The van der Waals surface area contributed by atoms with E-state index in [1.54, 1.807) is 17.6 Å². The zero-order valence-corrected chi connectivity index (χ0v) is 14.6. The van der Waals surface area contributed by atoms with Gasteiger partial charge in [-0.3, -0.25) is 10.1 Å². The molecule has 0 saturated carbocycles. The molecule has 1 heterocycles. The van der Waals surface area contributed by atoms with Gasteiger partial charge < -0.3 is 4.74 Å². The molecular weight excluding hydrogens is 346 g/mol. The number of nitriles is 1. The highest BCUT2D eigenvalue weighted by Gasteiger charge is 2.11. The molecule has 0 aliphatic carbocycles. The van der Waals surface area contributed by atoms with Crippen molar-refractivity contribution in [1.82, 2.24) is 4.98 Å². The van der Waals surface area contributed by atoms with Gasteiger partial charge in [-0.25, -0.2) is 4.98 Å². The second-order valence-electron chi connectivity index (χ2n) is 5.31. The number of hydrogen-bond acceptors (Lipinski definition) is 5. The van der Waals surface area contributed by atoms with Crippen LogP contribution in [0.3, 0.4) is 0 Å². The molecule has 1 amide bonds. The van der Waals surface area contributed by atoms with Crippen molar-refractivity contribution in [2.75, 3.05) is 5.32 Å². The molecule has 3 aromatic rings. The van der Waals surface area contributed by atoms with E-state index in [1.165, 1.54) is 17.4 Å². The summed E-state index contributed by atoms with van der Waals surface area (Å²) in [7, 11) is 0. The van der Waals surface area contributed by atoms with Crippen molar-refractivity contribution < 1.29 is 9.53 Å². The Hall–Kier alpha value is -3.43. The Bertz CT molecular complexity index is 945. The lowest BCUT2D eigenvalue weighted by atomic mass is 10.1. The standard InChI is InChI=1S/C20H15N3O2S/c21-13-17(19(24)23-20-22-9-10-26-20)11-16-7-4-8-18(12-16)25-14-15-5-2-1-3-6-15/h1-12H,14H2,(H,22,23,24)/b17-11+. The molecule has 6 heteroatoms. The van der Waals surface area contributed by atoms with Crippen molar-refractivity contribution >= 4 is 28.5 Å². The molecule has 0 saturated heterocycles. The van der Waals surface area contributed by atoms with Gasteiger partial charge in [0.15, 0.2) is 5.13 Å². The van der Waals surface area contributed by atoms with Gasteiger partial charge in [0.25, 0.3) is 5.91 Å². The number of nitrogens with zero attached hydrogens (tertiary/aromatic N) is 2. The average molecular weight is 361 g/mol. The van der Waals surface area contributed by atoms with E-state index in [0.717, 1.165) is 5.56 Å². The van der Waals surface area contributed by atoms with Crippen molar-refractivity contribution in [3.8, 4) is 11.8 Å². The molecule has 0 atom stereocenters. The third-order valence-corrected chi connectivity index (χ3v) is 4.12. The maximum absolute atomic E-state index is 12.2. The molecule has 0 unspecified atom stereocenters. The number of thiazole rings is 1. The summed E-state index contributed by atoms with van der Waals surface area (Å²) >= 11 is 1.29. The first-order valence-corrected chi connectivity index (χ1v) is 8.72. The number of carbonyl (C=O) groups excluding carboxylic acids is 1. The molecule has 0 fully saturated rings. The number of nitrogens with one attached hydrogen (secondary N) is 1. The first-order chi connectivity index (χ1) is 12.7. The SMILES string of the molecule is N#C/C(=C\c1cccc(OCc2ccccc2)c1)C(=O)Nc1nccs1. The zero-order valence-electron chi connectivity index (χ0n) is 13.8. The topological polar surface area (TPSA) is 75.0 Å². The molecule has 0 radical (unpaired) electrons. The molecular formula is C20H15N3O2S. The molecule has 128 valence electrons. The van der Waals surface area contributed by atoms with Crippen molar-refractivity contribution in [2.45, 2.75) is 6.61 Å². The van der Waals surface area contributed by atoms with Crippen LogP contribution >= 0.6 is 11.3 Å². The molecule has 0 aliphatic heterocycles. The molecule has 3 rings (SSSR count). The fourth-order valence-corrected chi connectivity index (χ4v) is 2.72. The zero-order chi connectivity index (χ0) is 18.2. The van der Waals surface area contributed by atoms with E-state index in [4.69, 9.17) is 4.74 Å². The molecule has 1 aromatic heterocycles. The largest absolute Gasteiger partial charge is 0.489 e. The van der Waals surface area contributed by atoms with E-state index in [-0.39, 0.29) is 5.57 Å².